The maximum absolute atomic E-state index is 13.2. The van der Waals surface area contributed by atoms with E-state index in [2.05, 4.69) is 4.98 Å². The molecule has 6 nitrogen and oxygen atoms in total. The molecule has 128 valence electrons. The molecule has 0 fully saturated rings. The van der Waals surface area contributed by atoms with Crippen molar-refractivity contribution in [3.05, 3.63) is 70.5 Å². The Bertz CT molecular complexity index is 1000. The molecule has 0 amide bonds. The maximum Gasteiger partial charge on any atom is 0.326 e. The standard InChI is InChI=1S/C18H15FN2O4/c1-11(18(23)24)21-10-20-16-8-14(5-6-15(16)17(21)22)25-9-12-3-2-4-13(19)7-12/h2-8,10-11H,9H2,1H3,(H,23,24). The van der Waals surface area contributed by atoms with Gasteiger partial charge in [0.05, 0.1) is 17.2 Å². The Morgan fingerprint density at radius 1 is 1.32 bits per heavy atom. The number of halogens is 1. The van der Waals surface area contributed by atoms with Gasteiger partial charge >= 0.3 is 5.97 Å². The van der Waals surface area contributed by atoms with Gasteiger partial charge in [-0.2, -0.15) is 0 Å². The summed E-state index contributed by atoms with van der Waals surface area (Å²) in [6.45, 7) is 1.59. The Hall–Kier alpha value is -3.22. The van der Waals surface area contributed by atoms with Gasteiger partial charge in [0.2, 0.25) is 0 Å². The average molecular weight is 342 g/mol. The third-order valence-electron chi connectivity index (χ3n) is 3.82. The van der Waals surface area contributed by atoms with E-state index in [9.17, 15) is 14.0 Å². The molecule has 3 aromatic rings. The third kappa shape index (κ3) is 3.50. The Labute approximate surface area is 142 Å². The van der Waals surface area contributed by atoms with Crippen LogP contribution in [-0.4, -0.2) is 20.6 Å². The molecule has 0 aliphatic heterocycles. The summed E-state index contributed by atoms with van der Waals surface area (Å²) in [5.74, 6) is -0.972. The molecule has 1 atom stereocenters. The summed E-state index contributed by atoms with van der Waals surface area (Å²) in [6, 6.07) is 9.80. The first-order chi connectivity index (χ1) is 12.0. The Kier molecular flexibility index (Phi) is 4.47. The minimum atomic E-state index is -1.11. The van der Waals surface area contributed by atoms with Crippen LogP contribution in [0.25, 0.3) is 10.9 Å². The molecule has 1 unspecified atom stereocenters. The van der Waals surface area contributed by atoms with Gasteiger partial charge in [0.1, 0.15) is 24.2 Å². The van der Waals surface area contributed by atoms with Crippen LogP contribution in [0, 0.1) is 5.82 Å². The molecule has 7 heteroatoms. The lowest BCUT2D eigenvalue weighted by atomic mass is 10.2. The lowest BCUT2D eigenvalue weighted by Crippen LogP contribution is -2.28. The first-order valence-electron chi connectivity index (χ1n) is 7.56. The van der Waals surface area contributed by atoms with Gasteiger partial charge in [-0.3, -0.25) is 9.36 Å². The van der Waals surface area contributed by atoms with E-state index in [-0.39, 0.29) is 12.4 Å². The minimum absolute atomic E-state index is 0.177. The zero-order chi connectivity index (χ0) is 18.0. The van der Waals surface area contributed by atoms with Gasteiger partial charge in [0.15, 0.2) is 0 Å². The number of benzene rings is 2. The van der Waals surface area contributed by atoms with Gasteiger partial charge in [0.25, 0.3) is 5.56 Å². The van der Waals surface area contributed by atoms with Crippen LogP contribution in [0.15, 0.2) is 53.6 Å². The van der Waals surface area contributed by atoms with Gasteiger partial charge < -0.3 is 9.84 Å². The van der Waals surface area contributed by atoms with Crippen molar-refractivity contribution in [1.29, 1.82) is 0 Å². The smallest absolute Gasteiger partial charge is 0.326 e. The second-order valence-electron chi connectivity index (χ2n) is 5.57. The average Bonchev–Trinajstić information content (AvgIpc) is 2.59. The van der Waals surface area contributed by atoms with E-state index >= 15 is 0 Å². The fraction of sp³-hybridized carbons (Fsp3) is 0.167. The molecule has 25 heavy (non-hydrogen) atoms. The fourth-order valence-electron chi connectivity index (χ4n) is 2.39. The summed E-state index contributed by atoms with van der Waals surface area (Å²) in [7, 11) is 0. The second kappa shape index (κ2) is 6.72. The number of nitrogens with zero attached hydrogens (tertiary/aromatic N) is 2. The summed E-state index contributed by atoms with van der Waals surface area (Å²) >= 11 is 0. The number of aliphatic carboxylic acids is 1. The number of fused-ring (bicyclic) bond motifs is 1. The Morgan fingerprint density at radius 3 is 2.84 bits per heavy atom. The minimum Gasteiger partial charge on any atom is -0.489 e. The van der Waals surface area contributed by atoms with Crippen molar-refractivity contribution >= 4 is 16.9 Å². The van der Waals surface area contributed by atoms with Gasteiger partial charge in [-0.15, -0.1) is 0 Å². The molecule has 3 rings (SSSR count). The molecule has 0 radical (unpaired) electrons. The van der Waals surface area contributed by atoms with Crippen molar-refractivity contribution in [1.82, 2.24) is 9.55 Å². The third-order valence-corrected chi connectivity index (χ3v) is 3.82. The number of rotatable bonds is 5. The predicted octanol–water partition coefficient (Wildman–Crippen LogP) is 2.76. The van der Waals surface area contributed by atoms with Crippen LogP contribution in [0.1, 0.15) is 18.5 Å². The Balaban J connectivity index is 1.87. The SMILES string of the molecule is CC(C(=O)O)n1cnc2cc(OCc3cccc(F)c3)ccc2c1=O. The van der Waals surface area contributed by atoms with Gasteiger partial charge in [-0.1, -0.05) is 12.1 Å². The van der Waals surface area contributed by atoms with Crippen molar-refractivity contribution in [2.75, 3.05) is 0 Å². The summed E-state index contributed by atoms with van der Waals surface area (Å²) < 4.78 is 19.8. The highest BCUT2D eigenvalue weighted by Gasteiger charge is 2.16. The van der Waals surface area contributed by atoms with Crippen LogP contribution in [0.5, 0.6) is 5.75 Å². The number of ether oxygens (including phenoxy) is 1. The van der Waals surface area contributed by atoms with E-state index in [0.29, 0.717) is 22.2 Å². The van der Waals surface area contributed by atoms with Crippen LogP contribution >= 0.6 is 0 Å². The van der Waals surface area contributed by atoms with Crippen molar-refractivity contribution in [3.8, 4) is 5.75 Å². The molecule has 0 bridgehead atoms. The van der Waals surface area contributed by atoms with Crippen molar-refractivity contribution < 1.29 is 19.0 Å². The second-order valence-corrected chi connectivity index (χ2v) is 5.57. The molecule has 0 saturated heterocycles. The van der Waals surface area contributed by atoms with E-state index in [1.807, 2.05) is 0 Å². The molecule has 0 aliphatic carbocycles. The normalized spacial score (nSPS) is 12.1. The van der Waals surface area contributed by atoms with Gasteiger partial charge in [-0.25, -0.2) is 14.2 Å². The number of hydrogen-bond acceptors (Lipinski definition) is 4. The number of carboxylic acid groups (broad SMARTS) is 1. The predicted molar refractivity (Wildman–Crippen MR) is 89.1 cm³/mol. The Morgan fingerprint density at radius 2 is 2.12 bits per heavy atom. The zero-order valence-electron chi connectivity index (χ0n) is 13.3. The number of carboxylic acids is 1. The first-order valence-corrected chi connectivity index (χ1v) is 7.56. The highest BCUT2D eigenvalue weighted by Crippen LogP contribution is 2.19. The molecule has 1 N–H and O–H groups in total. The highest BCUT2D eigenvalue weighted by atomic mass is 19.1. The van der Waals surface area contributed by atoms with Gasteiger partial charge in [0, 0.05) is 6.07 Å². The quantitative estimate of drug-likeness (QED) is 0.771. The van der Waals surface area contributed by atoms with Crippen molar-refractivity contribution in [2.45, 2.75) is 19.6 Å². The molecule has 0 saturated carbocycles. The van der Waals surface area contributed by atoms with E-state index in [0.717, 1.165) is 4.57 Å². The van der Waals surface area contributed by atoms with Crippen LogP contribution < -0.4 is 10.3 Å². The molecule has 1 heterocycles. The maximum atomic E-state index is 13.2. The van der Waals surface area contributed by atoms with E-state index in [1.54, 1.807) is 24.3 Å². The summed E-state index contributed by atoms with van der Waals surface area (Å²) in [5, 5.41) is 9.34. The lowest BCUT2D eigenvalue weighted by molar-refractivity contribution is -0.140. The van der Waals surface area contributed by atoms with Gasteiger partial charge in [-0.05, 0) is 36.8 Å². The summed E-state index contributed by atoms with van der Waals surface area (Å²) in [6.07, 6.45) is 1.21. The van der Waals surface area contributed by atoms with E-state index < -0.39 is 17.6 Å². The highest BCUT2D eigenvalue weighted by molar-refractivity contribution is 5.79. The van der Waals surface area contributed by atoms with E-state index in [1.165, 1.54) is 31.5 Å². The molecule has 0 aliphatic rings. The summed E-state index contributed by atoms with van der Waals surface area (Å²) in [5.41, 5.74) is 0.644. The largest absolute Gasteiger partial charge is 0.489 e. The monoisotopic (exact) mass is 342 g/mol. The van der Waals surface area contributed by atoms with Crippen LogP contribution in [0.2, 0.25) is 0 Å². The van der Waals surface area contributed by atoms with Crippen molar-refractivity contribution in [2.24, 2.45) is 0 Å². The van der Waals surface area contributed by atoms with E-state index in [4.69, 9.17) is 9.84 Å². The van der Waals surface area contributed by atoms with Crippen molar-refractivity contribution in [3.63, 3.8) is 0 Å². The fourth-order valence-corrected chi connectivity index (χ4v) is 2.39. The first kappa shape index (κ1) is 16.6. The van der Waals surface area contributed by atoms with Crippen LogP contribution in [0.4, 0.5) is 4.39 Å². The molecular weight excluding hydrogens is 327 g/mol. The molecule has 2 aromatic carbocycles. The molecule has 0 spiro atoms. The summed E-state index contributed by atoms with van der Waals surface area (Å²) in [4.78, 5) is 27.6. The molecule has 1 aromatic heterocycles. The molecular formula is C18H15FN2O4. The number of carbonyl (C=O) groups is 1. The van der Waals surface area contributed by atoms with Crippen LogP contribution in [0.3, 0.4) is 0 Å². The van der Waals surface area contributed by atoms with Crippen LogP contribution in [-0.2, 0) is 11.4 Å². The number of aromatic nitrogens is 2. The number of hydrogen-bond donors (Lipinski definition) is 1. The lowest BCUT2D eigenvalue weighted by Gasteiger charge is -2.11. The zero-order valence-corrected chi connectivity index (χ0v) is 13.3. The topological polar surface area (TPSA) is 81.4 Å².